The lowest BCUT2D eigenvalue weighted by atomic mass is 10.0. The second-order valence-electron chi connectivity index (χ2n) is 3.08. The van der Waals surface area contributed by atoms with Gasteiger partial charge in [0.05, 0.1) is 13.6 Å². The van der Waals surface area contributed by atoms with E-state index in [4.69, 9.17) is 0 Å². The first kappa shape index (κ1) is 7.03. The molecule has 0 aromatic heterocycles. The average molecular weight is 130 g/mol. The van der Waals surface area contributed by atoms with E-state index in [1.807, 2.05) is 0 Å². The van der Waals surface area contributed by atoms with Crippen molar-refractivity contribution in [3.8, 4) is 0 Å². The lowest BCUT2D eigenvalue weighted by Gasteiger charge is -2.26. The fourth-order valence-electron chi connectivity index (χ4n) is 1.64. The summed E-state index contributed by atoms with van der Waals surface area (Å²) in [5, 5.41) is 0. The van der Waals surface area contributed by atoms with Crippen molar-refractivity contribution >= 4 is 0 Å². The maximum atomic E-state index is 3.94. The molecule has 0 aromatic carbocycles. The van der Waals surface area contributed by atoms with Gasteiger partial charge in [-0.25, -0.2) is 0 Å². The van der Waals surface area contributed by atoms with E-state index in [9.17, 15) is 0 Å². The second-order valence-corrected chi connectivity index (χ2v) is 3.08. The molecule has 1 heterocycles. The number of nitrogens with one attached hydrogen (secondary N) is 1. The van der Waals surface area contributed by atoms with E-state index in [1.54, 1.807) is 4.90 Å². The Hall–Kier alpha value is -0.0800. The van der Waals surface area contributed by atoms with Crippen LogP contribution in [0.4, 0.5) is 0 Å². The Kier molecular flexibility index (Phi) is 2.49. The molecule has 54 valence electrons. The molecule has 0 spiro atoms. The van der Waals surface area contributed by atoms with Crippen LogP contribution in [0.1, 0.15) is 19.3 Å². The summed E-state index contributed by atoms with van der Waals surface area (Å²) in [6, 6.07) is 0.860. The van der Waals surface area contributed by atoms with Gasteiger partial charge in [0.25, 0.3) is 0 Å². The van der Waals surface area contributed by atoms with Crippen LogP contribution in [0.2, 0.25) is 0 Å². The van der Waals surface area contributed by atoms with Crippen LogP contribution in [-0.4, -0.2) is 26.2 Å². The predicted octanol–water partition coefficient (Wildman–Crippen LogP) is -1.70. The number of rotatable bonds is 1. The van der Waals surface area contributed by atoms with Crippen LogP contribution < -0.4 is 10.6 Å². The summed E-state index contributed by atoms with van der Waals surface area (Å²) < 4.78 is 0. The second kappa shape index (κ2) is 3.18. The largest absolute Gasteiger partial charge is 0.353 e. The van der Waals surface area contributed by atoms with Gasteiger partial charge in [0, 0.05) is 6.42 Å². The van der Waals surface area contributed by atoms with Gasteiger partial charge in [0.1, 0.15) is 12.6 Å². The highest BCUT2D eigenvalue weighted by Gasteiger charge is 2.21. The molecule has 9 heavy (non-hydrogen) atoms. The lowest BCUT2D eigenvalue weighted by molar-refractivity contribution is -0.917. The molecule has 1 fully saturated rings. The average Bonchev–Trinajstić information content (AvgIpc) is 1.89. The number of hydrogen-bond acceptors (Lipinski definition) is 0. The summed E-state index contributed by atoms with van der Waals surface area (Å²) >= 11 is 0. The Morgan fingerprint density at radius 3 is 2.78 bits per heavy atom. The highest BCUT2D eigenvalue weighted by atomic mass is 15.1. The van der Waals surface area contributed by atoms with E-state index in [-0.39, 0.29) is 0 Å². The molecule has 2 heteroatoms. The third-order valence-corrected chi connectivity index (χ3v) is 2.42. The molecule has 2 atom stereocenters. The minimum Gasteiger partial charge on any atom is -0.353 e. The number of likely N-dealkylation sites (N-methyl/N-ethyl adjacent to an activating group) is 1. The first-order valence-electron chi connectivity index (χ1n) is 3.96. The summed E-state index contributed by atoms with van der Waals surface area (Å²) in [6.45, 7) is 2.48. The molecule has 2 nitrogen and oxygen atoms in total. The molecule has 1 aliphatic rings. The number of likely N-dealkylation sites (tertiary alicyclic amines) is 1. The van der Waals surface area contributed by atoms with Crippen LogP contribution in [0.15, 0.2) is 0 Å². The summed E-state index contributed by atoms with van der Waals surface area (Å²) in [7, 11) is 2.29. The van der Waals surface area contributed by atoms with Crippen molar-refractivity contribution in [3.63, 3.8) is 0 Å². The molecular formula is C7H18N2+2. The Labute approximate surface area is 57.0 Å². The van der Waals surface area contributed by atoms with Gasteiger partial charge in [0.15, 0.2) is 0 Å². The minimum absolute atomic E-state index is 0.860. The van der Waals surface area contributed by atoms with E-state index >= 15 is 0 Å². The van der Waals surface area contributed by atoms with Gasteiger partial charge in [-0.3, -0.25) is 0 Å². The highest BCUT2D eigenvalue weighted by Crippen LogP contribution is 1.99. The van der Waals surface area contributed by atoms with Crippen LogP contribution in [0.5, 0.6) is 0 Å². The Balaban J connectivity index is 2.30. The molecule has 1 rings (SSSR count). The maximum Gasteiger partial charge on any atom is 0.137 e. The van der Waals surface area contributed by atoms with Crippen LogP contribution >= 0.6 is 0 Å². The van der Waals surface area contributed by atoms with Crippen LogP contribution in [0.3, 0.4) is 0 Å². The van der Waals surface area contributed by atoms with E-state index < -0.39 is 0 Å². The third kappa shape index (κ3) is 1.66. The third-order valence-electron chi connectivity index (χ3n) is 2.42. The molecule has 0 bridgehead atoms. The number of hydrogen-bond donors (Lipinski definition) is 2. The monoisotopic (exact) mass is 130 g/mol. The van der Waals surface area contributed by atoms with E-state index in [0.29, 0.717) is 0 Å². The van der Waals surface area contributed by atoms with Gasteiger partial charge in [-0.2, -0.15) is 0 Å². The zero-order chi connectivity index (χ0) is 6.69. The Morgan fingerprint density at radius 1 is 1.56 bits per heavy atom. The number of piperidine rings is 1. The molecule has 0 amide bonds. The zero-order valence-corrected chi connectivity index (χ0v) is 6.32. The fraction of sp³-hybridized carbons (Fsp3) is 1.00. The van der Waals surface area contributed by atoms with E-state index in [2.05, 4.69) is 12.8 Å². The first-order valence-corrected chi connectivity index (χ1v) is 3.96. The van der Waals surface area contributed by atoms with Crippen molar-refractivity contribution in [3.05, 3.63) is 0 Å². The molecule has 4 N–H and O–H groups in total. The van der Waals surface area contributed by atoms with Crippen molar-refractivity contribution in [2.75, 3.05) is 20.1 Å². The smallest absolute Gasteiger partial charge is 0.137 e. The summed E-state index contributed by atoms with van der Waals surface area (Å²) in [4.78, 5) is 1.69. The maximum absolute atomic E-state index is 3.94. The van der Waals surface area contributed by atoms with E-state index in [1.165, 1.54) is 25.8 Å². The quantitative estimate of drug-likeness (QED) is 0.424. The van der Waals surface area contributed by atoms with Gasteiger partial charge in [-0.1, -0.05) is 0 Å². The van der Waals surface area contributed by atoms with Crippen molar-refractivity contribution in [2.45, 2.75) is 25.3 Å². The topological polar surface area (TPSA) is 32.1 Å². The Morgan fingerprint density at radius 2 is 2.33 bits per heavy atom. The van der Waals surface area contributed by atoms with Gasteiger partial charge >= 0.3 is 0 Å². The van der Waals surface area contributed by atoms with Crippen LogP contribution in [0.25, 0.3) is 0 Å². The van der Waals surface area contributed by atoms with Crippen LogP contribution in [0, 0.1) is 0 Å². The molecule has 0 aliphatic carbocycles. The molecule has 1 saturated heterocycles. The standard InChI is InChI=1S/C7H16N2/c1-9-5-3-2-4-7(9)6-8/h7H,2-6,8H2,1H3/p+2/t7-/m1/s1. The highest BCUT2D eigenvalue weighted by molar-refractivity contribution is 4.57. The summed E-state index contributed by atoms with van der Waals surface area (Å²) in [5.41, 5.74) is 3.94. The summed E-state index contributed by atoms with van der Waals surface area (Å²) in [6.07, 6.45) is 4.25. The van der Waals surface area contributed by atoms with Gasteiger partial charge < -0.3 is 10.6 Å². The lowest BCUT2D eigenvalue weighted by Crippen LogP contribution is -3.15. The molecule has 0 saturated carbocycles. The number of quaternary nitrogens is 2. The molecule has 0 aromatic rings. The minimum atomic E-state index is 0.860. The fourth-order valence-corrected chi connectivity index (χ4v) is 1.64. The van der Waals surface area contributed by atoms with Crippen LogP contribution in [-0.2, 0) is 0 Å². The van der Waals surface area contributed by atoms with Crippen molar-refractivity contribution in [1.29, 1.82) is 0 Å². The van der Waals surface area contributed by atoms with Crippen molar-refractivity contribution < 1.29 is 10.6 Å². The predicted molar refractivity (Wildman–Crippen MR) is 37.1 cm³/mol. The SMILES string of the molecule is C[NH+]1CCCC[C@@H]1C[NH3+]. The zero-order valence-electron chi connectivity index (χ0n) is 6.32. The van der Waals surface area contributed by atoms with Gasteiger partial charge in [-0.05, 0) is 12.8 Å². The molecule has 1 aliphatic heterocycles. The first-order chi connectivity index (χ1) is 4.34. The van der Waals surface area contributed by atoms with Gasteiger partial charge in [-0.15, -0.1) is 0 Å². The van der Waals surface area contributed by atoms with Crippen molar-refractivity contribution in [1.82, 2.24) is 0 Å². The molecule has 0 radical (unpaired) electrons. The van der Waals surface area contributed by atoms with E-state index in [0.717, 1.165) is 12.6 Å². The molecule has 1 unspecified atom stereocenters. The summed E-state index contributed by atoms with van der Waals surface area (Å²) in [5.74, 6) is 0. The normalized spacial score (nSPS) is 36.7. The van der Waals surface area contributed by atoms with Gasteiger partial charge in [0.2, 0.25) is 0 Å². The van der Waals surface area contributed by atoms with Crippen molar-refractivity contribution in [2.24, 2.45) is 0 Å². The Bertz CT molecular complexity index is 83.0. The molecular weight excluding hydrogens is 112 g/mol.